The molecule has 0 bridgehead atoms. The Bertz CT molecular complexity index is 1890. The fourth-order valence-electron chi connectivity index (χ4n) is 8.89. The summed E-state index contributed by atoms with van der Waals surface area (Å²) in [6.45, 7) is 8.85. The fourth-order valence-corrected chi connectivity index (χ4v) is 8.89. The number of unbranched alkanes of at least 4 members (excludes halogenated alkanes) is 2. The van der Waals surface area contributed by atoms with E-state index in [1.165, 1.54) is 0 Å². The number of benzene rings is 3. The number of ether oxygens (including phenoxy) is 3. The van der Waals surface area contributed by atoms with Crippen LogP contribution in [-0.4, -0.2) is 84.7 Å². The normalized spacial score (nSPS) is 24.6. The zero-order chi connectivity index (χ0) is 39.0. The smallest absolute Gasteiger partial charge is 0.412 e. The highest BCUT2D eigenvalue weighted by Gasteiger charge is 2.65. The van der Waals surface area contributed by atoms with Crippen molar-refractivity contribution in [1.82, 2.24) is 10.2 Å². The van der Waals surface area contributed by atoms with Crippen molar-refractivity contribution in [2.45, 2.75) is 76.5 Å². The molecule has 0 saturated heterocycles. The van der Waals surface area contributed by atoms with Gasteiger partial charge in [-0.2, -0.15) is 0 Å². The molecular weight excluding hydrogens is 698 g/mol. The van der Waals surface area contributed by atoms with Gasteiger partial charge in [0.25, 0.3) is 5.91 Å². The number of aliphatic hydroxyl groups is 2. The Labute approximate surface area is 324 Å². The van der Waals surface area contributed by atoms with Gasteiger partial charge < -0.3 is 39.5 Å². The average Bonchev–Trinajstić information content (AvgIpc) is 3.20. The number of oxime groups is 1. The number of allylic oxidation sites excluding steroid dienone is 1. The molecule has 3 aliphatic rings. The first-order chi connectivity index (χ1) is 26.8. The van der Waals surface area contributed by atoms with Crippen LogP contribution >= 0.6 is 0 Å². The van der Waals surface area contributed by atoms with Gasteiger partial charge >= 0.3 is 6.09 Å². The molecule has 6 rings (SSSR count). The number of aliphatic hydroxyl groups excluding tert-OH is 2. The number of carbonyl (C=O) groups excluding carboxylic acids is 2. The number of carbonyl (C=O) groups is 2. The molecule has 2 aliphatic carbocycles. The molecule has 1 aliphatic heterocycles. The van der Waals surface area contributed by atoms with Crippen LogP contribution in [0.5, 0.6) is 11.5 Å². The van der Waals surface area contributed by atoms with Crippen LogP contribution in [0.2, 0.25) is 0 Å². The number of amides is 2. The minimum atomic E-state index is -1.38. The second-order valence-electron chi connectivity index (χ2n) is 14.6. The third-order valence-electron chi connectivity index (χ3n) is 11.3. The lowest BCUT2D eigenvalue weighted by atomic mass is 9.55. The number of nitrogens with one attached hydrogen (secondary N) is 1. The minimum absolute atomic E-state index is 0.0432. The first-order valence-electron chi connectivity index (χ1n) is 19.7. The van der Waals surface area contributed by atoms with Gasteiger partial charge in [0, 0.05) is 50.3 Å². The maximum Gasteiger partial charge on any atom is 0.412 e. The number of rotatable bonds is 17. The summed E-state index contributed by atoms with van der Waals surface area (Å²) in [4.78, 5) is 34.8. The molecule has 3 aromatic rings. The van der Waals surface area contributed by atoms with Crippen LogP contribution in [0.1, 0.15) is 80.6 Å². The first-order valence-corrected chi connectivity index (χ1v) is 19.7. The first kappa shape index (κ1) is 40.0. The number of nitrogens with zero attached hydrogens (tertiary/aromatic N) is 2. The molecule has 6 atom stereocenters. The summed E-state index contributed by atoms with van der Waals surface area (Å²) in [7, 11) is 1.80. The third kappa shape index (κ3) is 8.29. The Hall–Kier alpha value is -4.71. The van der Waals surface area contributed by atoms with Crippen molar-refractivity contribution in [2.24, 2.45) is 22.9 Å². The van der Waals surface area contributed by atoms with Gasteiger partial charge in [0.15, 0.2) is 0 Å². The Morgan fingerprint density at radius 3 is 2.51 bits per heavy atom. The van der Waals surface area contributed by atoms with Gasteiger partial charge in [-0.05, 0) is 98.0 Å². The topological polar surface area (TPSA) is 139 Å². The molecule has 3 aromatic carbocycles. The molecular formula is C44H55N3O8. The summed E-state index contributed by atoms with van der Waals surface area (Å²) in [6.07, 6.45) is 8.31. The standard InChI is InChI=1S/C44H55N3O8/c1-5-24-52-44-39(47(4)42(50)32-19-18-29-14-8-9-15-30(29)25-32)28-37(46-53-7-3)35-26-31(16-10-12-22-48)34(17-11-13-23-49)40(41(35)44)36-27-33(20-21-38(36)55-44)54-43(51)45-6-2/h5,8-9,14-15,18-21,25-27,31,34,39-41,48-49H,1,6-7,10-13,16-17,22-24,28H2,2-4H3,(H,45,51)/t31-,34+,39-,40+,41+,44+/m0/s1. The Kier molecular flexibility index (Phi) is 13.3. The molecule has 0 aromatic heterocycles. The van der Waals surface area contributed by atoms with E-state index in [-0.39, 0.29) is 43.5 Å². The van der Waals surface area contributed by atoms with Gasteiger partial charge in [-0.3, -0.25) is 4.79 Å². The molecule has 2 amide bonds. The molecule has 1 fully saturated rings. The van der Waals surface area contributed by atoms with E-state index in [1.807, 2.05) is 68.4 Å². The van der Waals surface area contributed by atoms with Crippen LogP contribution in [-0.2, 0) is 9.57 Å². The van der Waals surface area contributed by atoms with E-state index in [0.717, 1.165) is 53.3 Å². The SMILES string of the molecule is C=CCO[C@@]12Oc3ccc(OC(=O)NCC)cc3[C@H]3[C@H](CCCCO)[C@@H](CCCCO)C=C(C(=NOCC)C[C@@H]1N(C)C(=O)c1ccc4ccccc4c1)[C@H]32. The van der Waals surface area contributed by atoms with Crippen LogP contribution in [0.25, 0.3) is 10.8 Å². The van der Waals surface area contributed by atoms with Crippen molar-refractivity contribution in [1.29, 1.82) is 0 Å². The van der Waals surface area contributed by atoms with Crippen molar-refractivity contribution >= 4 is 28.5 Å². The second kappa shape index (κ2) is 18.3. The summed E-state index contributed by atoms with van der Waals surface area (Å²) in [5.74, 6) is -1.17. The molecule has 0 spiro atoms. The van der Waals surface area contributed by atoms with Crippen molar-refractivity contribution in [3.63, 3.8) is 0 Å². The van der Waals surface area contributed by atoms with Crippen molar-refractivity contribution in [3.05, 3.63) is 96.1 Å². The quantitative estimate of drug-likeness (QED) is 0.0738. The zero-order valence-electron chi connectivity index (χ0n) is 32.2. The lowest BCUT2D eigenvalue weighted by Crippen LogP contribution is -2.69. The van der Waals surface area contributed by atoms with Gasteiger partial charge in [0.2, 0.25) is 5.79 Å². The monoisotopic (exact) mass is 753 g/mol. The Morgan fingerprint density at radius 1 is 1.02 bits per heavy atom. The lowest BCUT2D eigenvalue weighted by molar-refractivity contribution is -0.252. The highest BCUT2D eigenvalue weighted by atomic mass is 16.7. The highest BCUT2D eigenvalue weighted by Crippen LogP contribution is 2.61. The zero-order valence-corrected chi connectivity index (χ0v) is 32.2. The molecule has 0 unspecified atom stereocenters. The lowest BCUT2D eigenvalue weighted by Gasteiger charge is -2.59. The van der Waals surface area contributed by atoms with E-state index in [4.69, 9.17) is 24.2 Å². The van der Waals surface area contributed by atoms with E-state index in [9.17, 15) is 19.8 Å². The third-order valence-corrected chi connectivity index (χ3v) is 11.3. The minimum Gasteiger partial charge on any atom is -0.459 e. The highest BCUT2D eigenvalue weighted by molar-refractivity contribution is 6.04. The van der Waals surface area contributed by atoms with Crippen LogP contribution in [0.15, 0.2) is 90.1 Å². The molecule has 294 valence electrons. The maximum atomic E-state index is 14.6. The van der Waals surface area contributed by atoms with Crippen LogP contribution < -0.4 is 14.8 Å². The average molecular weight is 754 g/mol. The van der Waals surface area contributed by atoms with Gasteiger partial charge in [-0.25, -0.2) is 4.79 Å². The Morgan fingerprint density at radius 2 is 1.78 bits per heavy atom. The van der Waals surface area contributed by atoms with Gasteiger partial charge in [-0.15, -0.1) is 6.58 Å². The molecule has 11 nitrogen and oxygen atoms in total. The summed E-state index contributed by atoms with van der Waals surface area (Å²) >= 11 is 0. The molecule has 1 saturated carbocycles. The summed E-state index contributed by atoms with van der Waals surface area (Å²) < 4.78 is 19.9. The number of hydrogen-bond donors (Lipinski definition) is 3. The predicted octanol–water partition coefficient (Wildman–Crippen LogP) is 7.37. The largest absolute Gasteiger partial charge is 0.459 e. The van der Waals surface area contributed by atoms with E-state index in [2.05, 4.69) is 18.0 Å². The van der Waals surface area contributed by atoms with Crippen LogP contribution in [0.3, 0.4) is 0 Å². The summed E-state index contributed by atoms with van der Waals surface area (Å²) in [6, 6.07) is 18.5. The molecule has 55 heavy (non-hydrogen) atoms. The van der Waals surface area contributed by atoms with E-state index in [1.54, 1.807) is 24.1 Å². The van der Waals surface area contributed by atoms with Crippen molar-refractivity contribution < 1.29 is 38.9 Å². The molecule has 0 radical (unpaired) electrons. The molecule has 3 N–H and O–H groups in total. The van der Waals surface area contributed by atoms with Gasteiger partial charge in [-0.1, -0.05) is 60.5 Å². The maximum absolute atomic E-state index is 14.6. The van der Waals surface area contributed by atoms with Gasteiger partial charge in [0.1, 0.15) is 24.1 Å². The van der Waals surface area contributed by atoms with Crippen LogP contribution in [0.4, 0.5) is 4.79 Å². The summed E-state index contributed by atoms with van der Waals surface area (Å²) in [5.41, 5.74) is 3.08. The van der Waals surface area contributed by atoms with Gasteiger partial charge in [0.05, 0.1) is 18.2 Å². The number of fused-ring (bicyclic) bond motifs is 3. The number of likely N-dealkylation sites (N-methyl/N-ethyl adjacent to an activating group) is 1. The molecule has 1 heterocycles. The van der Waals surface area contributed by atoms with E-state index >= 15 is 0 Å². The second-order valence-corrected chi connectivity index (χ2v) is 14.6. The predicted molar refractivity (Wildman–Crippen MR) is 212 cm³/mol. The fraction of sp³-hybridized carbons (Fsp3) is 0.477. The number of hydrogen-bond acceptors (Lipinski definition) is 9. The Balaban J connectivity index is 1.56. The van der Waals surface area contributed by atoms with Crippen molar-refractivity contribution in [3.8, 4) is 11.5 Å². The van der Waals surface area contributed by atoms with Crippen LogP contribution in [0, 0.1) is 17.8 Å². The molecule has 11 heteroatoms. The summed E-state index contributed by atoms with van der Waals surface area (Å²) in [5, 5.41) is 29.1. The van der Waals surface area contributed by atoms with E-state index in [0.29, 0.717) is 49.5 Å². The van der Waals surface area contributed by atoms with Crippen molar-refractivity contribution in [2.75, 3.05) is 40.0 Å². The van der Waals surface area contributed by atoms with E-state index < -0.39 is 23.8 Å².